The molecule has 0 saturated heterocycles. The third-order valence-corrected chi connectivity index (χ3v) is 4.56. The van der Waals surface area contributed by atoms with Gasteiger partial charge in [0.05, 0.1) is 5.75 Å². The number of likely N-dealkylation sites (N-methyl/N-ethyl adjacent to an activating group) is 1. The van der Waals surface area contributed by atoms with Crippen LogP contribution >= 0.6 is 11.8 Å². The van der Waals surface area contributed by atoms with E-state index in [0.29, 0.717) is 11.2 Å². The highest BCUT2D eigenvalue weighted by Crippen LogP contribution is 2.18. The van der Waals surface area contributed by atoms with Crippen LogP contribution in [0.15, 0.2) is 5.16 Å². The number of nitrogens with zero attached hydrogens (tertiary/aromatic N) is 4. The molecule has 1 rings (SSSR count). The third kappa shape index (κ3) is 5.67. The number of hydrogen-bond acceptors (Lipinski definition) is 5. The molecule has 1 atom stereocenters. The van der Waals surface area contributed by atoms with Crippen LogP contribution in [0.5, 0.6) is 0 Å². The summed E-state index contributed by atoms with van der Waals surface area (Å²) < 4.78 is 2.07. The molecule has 1 aromatic heterocycles. The fraction of sp³-hybridized carbons (Fsp3) is 0.786. The van der Waals surface area contributed by atoms with Crippen molar-refractivity contribution in [3.8, 4) is 0 Å². The lowest BCUT2D eigenvalue weighted by molar-refractivity contribution is -0.133. The number of thioether (sulfide) groups is 1. The molecule has 0 aliphatic rings. The molecule has 0 amide bonds. The number of carbonyl (C=O) groups is 1. The summed E-state index contributed by atoms with van der Waals surface area (Å²) in [4.78, 5) is 13.0. The van der Waals surface area contributed by atoms with Crippen LogP contribution in [0.2, 0.25) is 0 Å². The van der Waals surface area contributed by atoms with Crippen LogP contribution in [0.25, 0.3) is 0 Å². The Morgan fingerprint density at radius 3 is 2.71 bits per heavy atom. The molecule has 0 aliphatic heterocycles. The number of aryl methyl sites for hydroxylation is 1. The lowest BCUT2D eigenvalue weighted by Crippen LogP contribution is -2.32. The second kappa shape index (κ2) is 9.04. The molecule has 0 bridgehead atoms. The van der Waals surface area contributed by atoms with Crippen LogP contribution in [0.4, 0.5) is 0 Å². The van der Waals surface area contributed by atoms with Crippen molar-refractivity contribution < 1.29 is 9.90 Å². The molecule has 0 saturated carbocycles. The molecule has 1 unspecified atom stereocenters. The summed E-state index contributed by atoms with van der Waals surface area (Å²) in [6, 6.07) is 0.534. The Morgan fingerprint density at radius 2 is 2.14 bits per heavy atom. The van der Waals surface area contributed by atoms with Crippen LogP contribution in [0.3, 0.4) is 0 Å². The third-order valence-electron chi connectivity index (χ3n) is 3.61. The number of carboxylic acid groups (broad SMARTS) is 1. The summed E-state index contributed by atoms with van der Waals surface area (Å²) in [6.07, 6.45) is 2.98. The highest BCUT2D eigenvalue weighted by Gasteiger charge is 2.15. The zero-order valence-electron chi connectivity index (χ0n) is 13.4. The van der Waals surface area contributed by atoms with Gasteiger partial charge in [0.2, 0.25) is 0 Å². The van der Waals surface area contributed by atoms with E-state index in [4.69, 9.17) is 5.11 Å². The minimum absolute atomic E-state index is 0.0193. The molecule has 7 heteroatoms. The number of aliphatic carboxylic acids is 1. The van der Waals surface area contributed by atoms with Gasteiger partial charge in [-0.1, -0.05) is 25.6 Å². The summed E-state index contributed by atoms with van der Waals surface area (Å²) in [5.74, 6) is 0.136. The summed E-state index contributed by atoms with van der Waals surface area (Å²) >= 11 is 1.24. The van der Waals surface area contributed by atoms with Gasteiger partial charge in [0, 0.05) is 25.6 Å². The SMILES string of the molecule is CCCc1nnc(SCC(=O)O)n1CCN(C)C(C)CC. The van der Waals surface area contributed by atoms with E-state index in [1.54, 1.807) is 0 Å². The fourth-order valence-electron chi connectivity index (χ4n) is 1.97. The lowest BCUT2D eigenvalue weighted by atomic mass is 10.2. The highest BCUT2D eigenvalue weighted by molar-refractivity contribution is 7.99. The molecule has 6 nitrogen and oxygen atoms in total. The zero-order valence-corrected chi connectivity index (χ0v) is 14.2. The molecule has 1 heterocycles. The molecular formula is C14H26N4O2S. The maximum Gasteiger partial charge on any atom is 0.313 e. The van der Waals surface area contributed by atoms with Gasteiger partial charge in [-0.05, 0) is 26.8 Å². The molecular weight excluding hydrogens is 288 g/mol. The molecule has 0 spiro atoms. The van der Waals surface area contributed by atoms with E-state index in [9.17, 15) is 4.79 Å². The Morgan fingerprint density at radius 1 is 1.43 bits per heavy atom. The van der Waals surface area contributed by atoms with E-state index in [-0.39, 0.29) is 5.75 Å². The Bertz CT molecular complexity index is 450. The van der Waals surface area contributed by atoms with Gasteiger partial charge in [-0.2, -0.15) is 0 Å². The Labute approximate surface area is 130 Å². The highest BCUT2D eigenvalue weighted by atomic mass is 32.2. The number of carboxylic acids is 1. The Hall–Kier alpha value is -1.08. The topological polar surface area (TPSA) is 71.2 Å². The Kier molecular flexibility index (Phi) is 7.74. The monoisotopic (exact) mass is 314 g/mol. The molecule has 21 heavy (non-hydrogen) atoms. The normalized spacial score (nSPS) is 12.8. The van der Waals surface area contributed by atoms with E-state index < -0.39 is 5.97 Å². The smallest absolute Gasteiger partial charge is 0.313 e. The summed E-state index contributed by atoms with van der Waals surface area (Å²) in [5.41, 5.74) is 0. The van der Waals surface area contributed by atoms with Gasteiger partial charge in [-0.25, -0.2) is 0 Å². The summed E-state index contributed by atoms with van der Waals surface area (Å²) in [5, 5.41) is 17.9. The average molecular weight is 314 g/mol. The van der Waals surface area contributed by atoms with Crippen LogP contribution in [0, 0.1) is 0 Å². The standard InChI is InChI=1S/C14H26N4O2S/c1-5-7-12-15-16-14(21-10-13(19)20)18(12)9-8-17(4)11(3)6-2/h11H,5-10H2,1-4H3,(H,19,20). The molecule has 1 N–H and O–H groups in total. The molecule has 0 radical (unpaired) electrons. The second-order valence-electron chi connectivity index (χ2n) is 5.22. The van der Waals surface area contributed by atoms with E-state index in [0.717, 1.165) is 38.2 Å². The summed E-state index contributed by atoms with van der Waals surface area (Å²) in [7, 11) is 2.11. The van der Waals surface area contributed by atoms with E-state index in [2.05, 4.69) is 47.5 Å². The first-order valence-electron chi connectivity index (χ1n) is 7.46. The van der Waals surface area contributed by atoms with Crippen molar-refractivity contribution in [3.05, 3.63) is 5.82 Å². The van der Waals surface area contributed by atoms with Crippen molar-refractivity contribution in [3.63, 3.8) is 0 Å². The van der Waals surface area contributed by atoms with Gasteiger partial charge in [-0.3, -0.25) is 4.79 Å². The predicted molar refractivity (Wildman–Crippen MR) is 84.8 cm³/mol. The van der Waals surface area contributed by atoms with Crippen molar-refractivity contribution in [2.24, 2.45) is 0 Å². The van der Waals surface area contributed by atoms with Gasteiger partial charge < -0.3 is 14.6 Å². The van der Waals surface area contributed by atoms with Crippen molar-refractivity contribution >= 4 is 17.7 Å². The first-order chi connectivity index (χ1) is 9.99. The van der Waals surface area contributed by atoms with E-state index >= 15 is 0 Å². The van der Waals surface area contributed by atoms with Crippen LogP contribution in [-0.4, -0.2) is 56.1 Å². The average Bonchev–Trinajstić information content (AvgIpc) is 2.84. The predicted octanol–water partition coefficient (Wildman–Crippen LogP) is 2.14. The first-order valence-corrected chi connectivity index (χ1v) is 8.45. The number of aromatic nitrogens is 3. The van der Waals surface area contributed by atoms with Crippen LogP contribution in [0.1, 0.15) is 39.4 Å². The first kappa shape index (κ1) is 18.0. The molecule has 0 fully saturated rings. The van der Waals surface area contributed by atoms with Gasteiger partial charge in [0.25, 0.3) is 0 Å². The van der Waals surface area contributed by atoms with Gasteiger partial charge >= 0.3 is 5.97 Å². The zero-order chi connectivity index (χ0) is 15.8. The largest absolute Gasteiger partial charge is 0.481 e. The van der Waals surface area contributed by atoms with E-state index in [1.807, 2.05) is 0 Å². The maximum absolute atomic E-state index is 10.7. The van der Waals surface area contributed by atoms with Crippen LogP contribution < -0.4 is 0 Å². The minimum Gasteiger partial charge on any atom is -0.481 e. The van der Waals surface area contributed by atoms with Gasteiger partial charge in [0.1, 0.15) is 5.82 Å². The maximum atomic E-state index is 10.7. The van der Waals surface area contributed by atoms with Crippen molar-refractivity contribution in [1.29, 1.82) is 0 Å². The van der Waals surface area contributed by atoms with Crippen LogP contribution in [-0.2, 0) is 17.8 Å². The van der Waals surface area contributed by atoms with Gasteiger partial charge in [0.15, 0.2) is 5.16 Å². The van der Waals surface area contributed by atoms with Crippen molar-refractivity contribution in [2.45, 2.75) is 57.8 Å². The number of rotatable bonds is 10. The quantitative estimate of drug-likeness (QED) is 0.667. The van der Waals surface area contributed by atoms with Gasteiger partial charge in [-0.15, -0.1) is 10.2 Å². The molecule has 0 aliphatic carbocycles. The molecule has 0 aromatic carbocycles. The number of hydrogen-bond donors (Lipinski definition) is 1. The molecule has 1 aromatic rings. The molecule has 120 valence electrons. The Balaban J connectivity index is 2.75. The second-order valence-corrected chi connectivity index (χ2v) is 6.16. The minimum atomic E-state index is -0.830. The fourth-order valence-corrected chi connectivity index (χ4v) is 2.68. The van der Waals surface area contributed by atoms with E-state index in [1.165, 1.54) is 11.8 Å². The van der Waals surface area contributed by atoms with Crippen molar-refractivity contribution in [1.82, 2.24) is 19.7 Å². The lowest BCUT2D eigenvalue weighted by Gasteiger charge is -2.24. The van der Waals surface area contributed by atoms with Crippen molar-refractivity contribution in [2.75, 3.05) is 19.3 Å². The summed E-state index contributed by atoms with van der Waals surface area (Å²) in [6.45, 7) is 8.19.